The maximum absolute atomic E-state index is 14.0. The van der Waals surface area contributed by atoms with Gasteiger partial charge in [0.2, 0.25) is 0 Å². The second-order valence-corrected chi connectivity index (χ2v) is 6.58. The smallest absolute Gasteiger partial charge is 0.258 e. The normalized spacial score (nSPS) is 15.1. The van der Waals surface area contributed by atoms with E-state index >= 15 is 0 Å². The van der Waals surface area contributed by atoms with Gasteiger partial charge in [-0.2, -0.15) is 0 Å². The Balaban J connectivity index is 1.87. The largest absolute Gasteiger partial charge is 0.497 e. The molecule has 0 spiro atoms. The zero-order valence-corrected chi connectivity index (χ0v) is 15.3. The van der Waals surface area contributed by atoms with E-state index in [1.165, 1.54) is 6.07 Å². The third-order valence-corrected chi connectivity index (χ3v) is 5.08. The zero-order chi connectivity index (χ0) is 19.0. The van der Waals surface area contributed by atoms with E-state index in [9.17, 15) is 9.18 Å². The first-order chi connectivity index (χ1) is 13.1. The van der Waals surface area contributed by atoms with E-state index in [0.717, 1.165) is 22.4 Å². The van der Waals surface area contributed by atoms with Crippen LogP contribution in [0, 0.1) is 5.82 Å². The molecule has 1 aliphatic heterocycles. The Hall–Kier alpha value is -3.14. The molecule has 3 nitrogen and oxygen atoms in total. The van der Waals surface area contributed by atoms with E-state index in [4.69, 9.17) is 4.74 Å². The number of methoxy groups -OCH3 is 1. The molecule has 0 aliphatic carbocycles. The molecule has 0 bridgehead atoms. The highest BCUT2D eigenvalue weighted by atomic mass is 19.1. The van der Waals surface area contributed by atoms with E-state index in [1.54, 1.807) is 48.4 Å². The molecule has 4 rings (SSSR count). The highest BCUT2D eigenvalue weighted by Crippen LogP contribution is 2.46. The van der Waals surface area contributed by atoms with Crippen LogP contribution in [-0.2, 0) is 0 Å². The van der Waals surface area contributed by atoms with Crippen molar-refractivity contribution in [2.75, 3.05) is 12.0 Å². The third-order valence-electron chi connectivity index (χ3n) is 5.08. The second kappa shape index (κ2) is 6.88. The van der Waals surface area contributed by atoms with Gasteiger partial charge in [-0.15, -0.1) is 0 Å². The lowest BCUT2D eigenvalue weighted by atomic mass is 9.86. The SMILES string of the molecule is CCC1c2cc(F)ccc2-c2ccccc2N1C(=O)c1ccc(OC)cc1. The predicted molar refractivity (Wildman–Crippen MR) is 105 cm³/mol. The minimum Gasteiger partial charge on any atom is -0.497 e. The molecule has 0 aromatic heterocycles. The zero-order valence-electron chi connectivity index (χ0n) is 15.3. The molecule has 1 aliphatic rings. The first-order valence-electron chi connectivity index (χ1n) is 9.00. The maximum atomic E-state index is 14.0. The van der Waals surface area contributed by atoms with Crippen LogP contribution in [0.2, 0.25) is 0 Å². The van der Waals surface area contributed by atoms with Gasteiger partial charge >= 0.3 is 0 Å². The van der Waals surface area contributed by atoms with Gasteiger partial charge in [-0.3, -0.25) is 4.79 Å². The Bertz CT molecular complexity index is 998. The van der Waals surface area contributed by atoms with Crippen molar-refractivity contribution >= 4 is 11.6 Å². The summed E-state index contributed by atoms with van der Waals surface area (Å²) >= 11 is 0. The minimum absolute atomic E-state index is 0.105. The van der Waals surface area contributed by atoms with Gasteiger partial charge in [0.15, 0.2) is 0 Å². The van der Waals surface area contributed by atoms with Gasteiger partial charge in [0.25, 0.3) is 5.91 Å². The molecule has 136 valence electrons. The van der Waals surface area contributed by atoms with E-state index in [2.05, 4.69) is 0 Å². The molecule has 4 heteroatoms. The molecule has 3 aromatic rings. The van der Waals surface area contributed by atoms with E-state index in [1.807, 2.05) is 31.2 Å². The Morgan fingerprint density at radius 3 is 2.48 bits per heavy atom. The fourth-order valence-corrected chi connectivity index (χ4v) is 3.80. The number of hydrogen-bond acceptors (Lipinski definition) is 2. The number of fused-ring (bicyclic) bond motifs is 3. The molecule has 0 N–H and O–H groups in total. The van der Waals surface area contributed by atoms with Crippen molar-refractivity contribution in [2.45, 2.75) is 19.4 Å². The van der Waals surface area contributed by atoms with Crippen LogP contribution in [0.15, 0.2) is 66.7 Å². The Kier molecular flexibility index (Phi) is 4.40. The fourth-order valence-electron chi connectivity index (χ4n) is 3.80. The standard InChI is InChI=1S/C23H20FNO2/c1-3-21-20-14-16(24)10-13-18(20)19-6-4-5-7-22(19)25(21)23(26)15-8-11-17(27-2)12-9-15/h4-14,21H,3H2,1-2H3. The average molecular weight is 361 g/mol. The van der Waals surface area contributed by atoms with Crippen LogP contribution in [0.3, 0.4) is 0 Å². The van der Waals surface area contributed by atoms with Crippen LogP contribution in [-0.4, -0.2) is 13.0 Å². The van der Waals surface area contributed by atoms with Crippen LogP contribution in [0.4, 0.5) is 10.1 Å². The second-order valence-electron chi connectivity index (χ2n) is 6.58. The van der Waals surface area contributed by atoms with Crippen molar-refractivity contribution in [3.63, 3.8) is 0 Å². The summed E-state index contributed by atoms with van der Waals surface area (Å²) in [5.74, 6) is 0.306. The number of halogens is 1. The molecular formula is C23H20FNO2. The summed E-state index contributed by atoms with van der Waals surface area (Å²) in [6.45, 7) is 2.02. The maximum Gasteiger partial charge on any atom is 0.258 e. The van der Waals surface area contributed by atoms with Crippen molar-refractivity contribution in [2.24, 2.45) is 0 Å². The summed E-state index contributed by atoms with van der Waals surface area (Å²) in [6, 6.07) is 19.5. The first-order valence-corrected chi connectivity index (χ1v) is 9.00. The summed E-state index contributed by atoms with van der Waals surface area (Å²) in [4.78, 5) is 15.2. The summed E-state index contributed by atoms with van der Waals surface area (Å²) in [5, 5.41) is 0. The molecule has 3 aromatic carbocycles. The number of hydrogen-bond donors (Lipinski definition) is 0. The number of anilines is 1. The van der Waals surface area contributed by atoms with E-state index < -0.39 is 0 Å². The minimum atomic E-state index is -0.288. The van der Waals surface area contributed by atoms with Gasteiger partial charge in [-0.1, -0.05) is 31.2 Å². The first kappa shape index (κ1) is 17.3. The van der Waals surface area contributed by atoms with Gasteiger partial charge < -0.3 is 9.64 Å². The molecule has 1 atom stereocenters. The van der Waals surface area contributed by atoms with Crippen molar-refractivity contribution in [1.82, 2.24) is 0 Å². The summed E-state index contributed by atoms with van der Waals surface area (Å²) < 4.78 is 19.2. The molecule has 1 amide bonds. The quantitative estimate of drug-likeness (QED) is 0.606. The van der Waals surface area contributed by atoms with Crippen molar-refractivity contribution in [3.05, 3.63) is 83.7 Å². The number of para-hydroxylation sites is 1. The van der Waals surface area contributed by atoms with Gasteiger partial charge in [0.1, 0.15) is 11.6 Å². The van der Waals surface area contributed by atoms with Gasteiger partial charge in [-0.05, 0) is 60.0 Å². The van der Waals surface area contributed by atoms with Crippen LogP contribution >= 0.6 is 0 Å². The number of benzene rings is 3. The lowest BCUT2D eigenvalue weighted by Gasteiger charge is -2.38. The van der Waals surface area contributed by atoms with Gasteiger partial charge in [0, 0.05) is 11.1 Å². The molecule has 0 radical (unpaired) electrons. The van der Waals surface area contributed by atoms with Crippen molar-refractivity contribution in [3.8, 4) is 16.9 Å². The van der Waals surface area contributed by atoms with Crippen LogP contribution < -0.4 is 9.64 Å². The number of amides is 1. The molecule has 1 unspecified atom stereocenters. The molecule has 0 saturated carbocycles. The van der Waals surface area contributed by atoms with Gasteiger partial charge in [-0.25, -0.2) is 4.39 Å². The average Bonchev–Trinajstić information content (AvgIpc) is 2.72. The third kappa shape index (κ3) is 2.87. The molecule has 0 fully saturated rings. The number of carbonyl (C=O) groups is 1. The monoisotopic (exact) mass is 361 g/mol. The summed E-state index contributed by atoms with van der Waals surface area (Å²) in [6.07, 6.45) is 0.687. The number of rotatable bonds is 3. The van der Waals surface area contributed by atoms with Gasteiger partial charge in [0.05, 0.1) is 18.8 Å². The Labute approximate surface area is 158 Å². The lowest BCUT2D eigenvalue weighted by molar-refractivity contribution is 0.0975. The number of nitrogens with zero attached hydrogens (tertiary/aromatic N) is 1. The van der Waals surface area contributed by atoms with Crippen LogP contribution in [0.25, 0.3) is 11.1 Å². The van der Waals surface area contributed by atoms with E-state index in [0.29, 0.717) is 17.7 Å². The molecule has 27 heavy (non-hydrogen) atoms. The van der Waals surface area contributed by atoms with Crippen molar-refractivity contribution in [1.29, 1.82) is 0 Å². The molecule has 0 saturated heterocycles. The molecular weight excluding hydrogens is 341 g/mol. The molecule has 1 heterocycles. The lowest BCUT2D eigenvalue weighted by Crippen LogP contribution is -2.37. The number of ether oxygens (including phenoxy) is 1. The van der Waals surface area contributed by atoms with E-state index in [-0.39, 0.29) is 17.8 Å². The highest BCUT2D eigenvalue weighted by molar-refractivity contribution is 6.10. The summed E-state index contributed by atoms with van der Waals surface area (Å²) in [7, 11) is 1.59. The summed E-state index contributed by atoms with van der Waals surface area (Å²) in [5.41, 5.74) is 4.20. The fraction of sp³-hybridized carbons (Fsp3) is 0.174. The Morgan fingerprint density at radius 2 is 1.78 bits per heavy atom. The predicted octanol–water partition coefficient (Wildman–Crippen LogP) is 5.61. The van der Waals surface area contributed by atoms with Crippen LogP contribution in [0.1, 0.15) is 35.3 Å². The topological polar surface area (TPSA) is 29.5 Å². The Morgan fingerprint density at radius 1 is 1.04 bits per heavy atom. The highest BCUT2D eigenvalue weighted by Gasteiger charge is 2.34. The van der Waals surface area contributed by atoms with Crippen LogP contribution in [0.5, 0.6) is 5.75 Å². The van der Waals surface area contributed by atoms with Crippen molar-refractivity contribution < 1.29 is 13.9 Å². The number of carbonyl (C=O) groups excluding carboxylic acids is 1.